The normalized spacial score (nSPS) is 10.5. The molecule has 4 heteroatoms. The van der Waals surface area contributed by atoms with Crippen molar-refractivity contribution < 1.29 is 19.4 Å². The first-order valence-electron chi connectivity index (χ1n) is 3.65. The molecule has 1 N–H and O–H groups in total. The molecule has 0 saturated heterocycles. The van der Waals surface area contributed by atoms with E-state index in [-0.39, 0.29) is 5.57 Å². The van der Waals surface area contributed by atoms with Gasteiger partial charge in [-0.1, -0.05) is 11.6 Å². The molecule has 0 bridgehead atoms. The molecule has 72 valence electrons. The van der Waals surface area contributed by atoms with E-state index in [4.69, 9.17) is 5.11 Å². The number of hydrogen-bond acceptors (Lipinski definition) is 3. The zero-order valence-corrected chi connectivity index (χ0v) is 7.83. The third kappa shape index (κ3) is 4.10. The zero-order chi connectivity index (χ0) is 10.4. The number of carboxylic acid groups (broad SMARTS) is 1. The highest BCUT2D eigenvalue weighted by molar-refractivity contribution is 6.13. The van der Waals surface area contributed by atoms with E-state index in [1.165, 1.54) is 6.08 Å². The lowest BCUT2D eigenvalue weighted by atomic mass is 10.2. The lowest BCUT2D eigenvalue weighted by molar-refractivity contribution is -0.142. The second-order valence-electron chi connectivity index (χ2n) is 2.62. The van der Waals surface area contributed by atoms with Crippen molar-refractivity contribution in [3.05, 3.63) is 23.3 Å². The Balaban J connectivity index is 4.82. The fourth-order valence-electron chi connectivity index (χ4n) is 0.587. The summed E-state index contributed by atoms with van der Waals surface area (Å²) in [6.45, 7) is 3.60. The summed E-state index contributed by atoms with van der Waals surface area (Å²) in [6.07, 6.45) is 2.77. The fourth-order valence-corrected chi connectivity index (χ4v) is 0.587. The summed E-state index contributed by atoms with van der Waals surface area (Å²) in [6, 6.07) is 0. The van der Waals surface area contributed by atoms with Gasteiger partial charge in [-0.05, 0) is 19.9 Å². The molecule has 13 heavy (non-hydrogen) atoms. The van der Waals surface area contributed by atoms with Gasteiger partial charge in [-0.25, -0.2) is 9.59 Å². The molecular formula is C9H12O4. The Labute approximate surface area is 76.5 Å². The lowest BCUT2D eigenvalue weighted by Crippen LogP contribution is -2.13. The van der Waals surface area contributed by atoms with E-state index < -0.39 is 11.9 Å². The van der Waals surface area contributed by atoms with Gasteiger partial charge >= 0.3 is 11.9 Å². The summed E-state index contributed by atoms with van der Waals surface area (Å²) in [5, 5.41) is 8.59. The minimum atomic E-state index is -1.29. The number of carbonyl (C=O) groups is 2. The number of esters is 1. The van der Waals surface area contributed by atoms with Crippen molar-refractivity contribution in [3.8, 4) is 0 Å². The Morgan fingerprint density at radius 3 is 2.08 bits per heavy atom. The summed E-state index contributed by atoms with van der Waals surface area (Å²) in [5.74, 6) is -2.13. The maximum absolute atomic E-state index is 10.9. The predicted octanol–water partition coefficient (Wildman–Crippen LogP) is 1.14. The highest BCUT2D eigenvalue weighted by Gasteiger charge is 2.16. The molecule has 0 aliphatic carbocycles. The predicted molar refractivity (Wildman–Crippen MR) is 47.2 cm³/mol. The molecule has 0 fully saturated rings. The van der Waals surface area contributed by atoms with Gasteiger partial charge in [0.05, 0.1) is 7.11 Å². The van der Waals surface area contributed by atoms with Crippen LogP contribution in [0.2, 0.25) is 0 Å². The lowest BCUT2D eigenvalue weighted by Gasteiger charge is -1.97. The van der Waals surface area contributed by atoms with Crippen molar-refractivity contribution in [3.63, 3.8) is 0 Å². The first-order chi connectivity index (χ1) is 5.99. The maximum Gasteiger partial charge on any atom is 0.345 e. The minimum absolute atomic E-state index is 0.372. The number of allylic oxidation sites excluding steroid dienone is 3. The molecule has 0 rings (SSSR count). The second kappa shape index (κ2) is 5.13. The molecule has 0 aromatic heterocycles. The number of carboxylic acids is 1. The van der Waals surface area contributed by atoms with E-state index in [1.807, 2.05) is 0 Å². The van der Waals surface area contributed by atoms with Crippen molar-refractivity contribution in [2.24, 2.45) is 0 Å². The Kier molecular flexibility index (Phi) is 4.51. The van der Waals surface area contributed by atoms with Crippen LogP contribution < -0.4 is 0 Å². The van der Waals surface area contributed by atoms with E-state index in [0.29, 0.717) is 0 Å². The van der Waals surface area contributed by atoms with E-state index in [9.17, 15) is 9.59 Å². The number of ether oxygens (including phenoxy) is 1. The van der Waals surface area contributed by atoms with Crippen LogP contribution in [0.15, 0.2) is 23.3 Å². The van der Waals surface area contributed by atoms with Gasteiger partial charge in [-0.15, -0.1) is 0 Å². The Hall–Kier alpha value is -1.58. The van der Waals surface area contributed by atoms with Gasteiger partial charge in [0.15, 0.2) is 0 Å². The molecule has 0 aromatic carbocycles. The quantitative estimate of drug-likeness (QED) is 0.235. The van der Waals surface area contributed by atoms with Crippen LogP contribution in [0.4, 0.5) is 0 Å². The van der Waals surface area contributed by atoms with Crippen molar-refractivity contribution in [1.82, 2.24) is 0 Å². The molecule has 0 aliphatic heterocycles. The minimum Gasteiger partial charge on any atom is -0.477 e. The van der Waals surface area contributed by atoms with Gasteiger partial charge in [-0.2, -0.15) is 0 Å². The third-order valence-corrected chi connectivity index (χ3v) is 1.22. The summed E-state index contributed by atoms with van der Waals surface area (Å²) in [4.78, 5) is 21.4. The van der Waals surface area contributed by atoms with Crippen LogP contribution in [0.3, 0.4) is 0 Å². The average Bonchev–Trinajstić information content (AvgIpc) is 2.03. The highest BCUT2D eigenvalue weighted by atomic mass is 16.5. The van der Waals surface area contributed by atoms with Crippen LogP contribution >= 0.6 is 0 Å². The van der Waals surface area contributed by atoms with Gasteiger partial charge in [0.25, 0.3) is 0 Å². The van der Waals surface area contributed by atoms with Crippen LogP contribution in [-0.4, -0.2) is 24.2 Å². The summed E-state index contributed by atoms with van der Waals surface area (Å²) in [7, 11) is 1.14. The number of aliphatic carboxylic acids is 1. The molecule has 0 radical (unpaired) electrons. The number of methoxy groups -OCH3 is 1. The average molecular weight is 184 g/mol. The highest BCUT2D eigenvalue weighted by Crippen LogP contribution is 2.00. The number of hydrogen-bond donors (Lipinski definition) is 1. The molecule has 0 unspecified atom stereocenters. The Bertz CT molecular complexity index is 269. The van der Waals surface area contributed by atoms with Crippen LogP contribution in [-0.2, 0) is 14.3 Å². The van der Waals surface area contributed by atoms with Gasteiger partial charge < -0.3 is 9.84 Å². The van der Waals surface area contributed by atoms with Gasteiger partial charge in [0.1, 0.15) is 5.57 Å². The molecule has 0 spiro atoms. The second-order valence-corrected chi connectivity index (χ2v) is 2.62. The van der Waals surface area contributed by atoms with Gasteiger partial charge in [-0.3, -0.25) is 0 Å². The first kappa shape index (κ1) is 11.4. The Morgan fingerprint density at radius 1 is 1.23 bits per heavy atom. The summed E-state index contributed by atoms with van der Waals surface area (Å²) >= 11 is 0. The van der Waals surface area contributed by atoms with Crippen molar-refractivity contribution in [2.45, 2.75) is 13.8 Å². The van der Waals surface area contributed by atoms with Crippen LogP contribution in [0.5, 0.6) is 0 Å². The van der Waals surface area contributed by atoms with Gasteiger partial charge in [0.2, 0.25) is 0 Å². The molecule has 0 aliphatic rings. The van der Waals surface area contributed by atoms with E-state index in [0.717, 1.165) is 12.7 Å². The topological polar surface area (TPSA) is 63.6 Å². The first-order valence-corrected chi connectivity index (χ1v) is 3.65. The smallest absolute Gasteiger partial charge is 0.345 e. The molecule has 0 aromatic rings. The summed E-state index contributed by atoms with van der Waals surface area (Å²) in [5.41, 5.74) is 0.534. The zero-order valence-electron chi connectivity index (χ0n) is 7.83. The van der Waals surface area contributed by atoms with Crippen LogP contribution in [0.1, 0.15) is 13.8 Å². The van der Waals surface area contributed by atoms with Crippen LogP contribution in [0, 0.1) is 0 Å². The molecule has 0 saturated carbocycles. The van der Waals surface area contributed by atoms with Gasteiger partial charge in [0, 0.05) is 0 Å². The molecule has 0 amide bonds. The largest absolute Gasteiger partial charge is 0.477 e. The van der Waals surface area contributed by atoms with Crippen molar-refractivity contribution in [2.75, 3.05) is 7.11 Å². The van der Waals surface area contributed by atoms with Crippen molar-refractivity contribution in [1.29, 1.82) is 0 Å². The Morgan fingerprint density at radius 2 is 1.77 bits per heavy atom. The molecule has 0 heterocycles. The van der Waals surface area contributed by atoms with Crippen LogP contribution in [0.25, 0.3) is 0 Å². The molecule has 4 nitrogen and oxygen atoms in total. The van der Waals surface area contributed by atoms with Crippen molar-refractivity contribution >= 4 is 11.9 Å². The third-order valence-electron chi connectivity index (χ3n) is 1.22. The van der Waals surface area contributed by atoms with E-state index in [2.05, 4.69) is 4.74 Å². The number of rotatable bonds is 3. The molecular weight excluding hydrogens is 172 g/mol. The fraction of sp³-hybridized carbons (Fsp3) is 0.333. The maximum atomic E-state index is 10.9. The van der Waals surface area contributed by atoms with E-state index >= 15 is 0 Å². The van der Waals surface area contributed by atoms with E-state index in [1.54, 1.807) is 19.9 Å². The monoisotopic (exact) mass is 184 g/mol. The SMILES string of the molecule is COC(=O)/C(=C\C=C(C)C)C(=O)O. The number of carbonyl (C=O) groups excluding carboxylic acids is 1. The summed E-state index contributed by atoms with van der Waals surface area (Å²) < 4.78 is 4.29. The standard InChI is InChI=1S/C9H12O4/c1-6(2)4-5-7(8(10)11)9(12)13-3/h4-5H,1-3H3,(H,10,11)/b7-5-. The molecule has 0 atom stereocenters.